The van der Waals surface area contributed by atoms with E-state index >= 15 is 0 Å². The van der Waals surface area contributed by atoms with E-state index in [2.05, 4.69) is 16.3 Å². The maximum Gasteiger partial charge on any atom is 0.237 e. The Bertz CT molecular complexity index is 1060. The number of aromatic nitrogens is 3. The second-order valence-corrected chi connectivity index (χ2v) is 8.06. The van der Waals surface area contributed by atoms with Crippen LogP contribution in [0.15, 0.2) is 35.6 Å². The summed E-state index contributed by atoms with van der Waals surface area (Å²) in [7, 11) is 0. The van der Waals surface area contributed by atoms with Gasteiger partial charge in [-0.25, -0.2) is 0 Å². The number of nitrogens with zero attached hydrogens (tertiary/aromatic N) is 5. The highest BCUT2D eigenvalue weighted by Gasteiger charge is 2.18. The van der Waals surface area contributed by atoms with Crippen LogP contribution in [-0.4, -0.2) is 32.8 Å². The van der Waals surface area contributed by atoms with Gasteiger partial charge in [0.15, 0.2) is 10.8 Å². The second kappa shape index (κ2) is 8.82. The molecule has 0 aliphatic rings. The molecule has 0 aliphatic carbocycles. The number of carbonyl (C=O) groups excluding carboxylic acids is 1. The van der Waals surface area contributed by atoms with Gasteiger partial charge in [0, 0.05) is 18.4 Å². The van der Waals surface area contributed by atoms with Gasteiger partial charge in [0.1, 0.15) is 0 Å². The van der Waals surface area contributed by atoms with Crippen LogP contribution in [0.3, 0.4) is 0 Å². The summed E-state index contributed by atoms with van der Waals surface area (Å²) in [5.74, 6) is 0.0266. The molecule has 0 saturated carbocycles. The first kappa shape index (κ1) is 20.5. The van der Waals surface area contributed by atoms with E-state index in [1.807, 2.05) is 32.0 Å². The normalized spacial score (nSPS) is 10.8. The lowest BCUT2D eigenvalue weighted by molar-refractivity contribution is -0.116. The average Bonchev–Trinajstić information content (AvgIpc) is 3.02. The van der Waals surface area contributed by atoms with E-state index in [-0.39, 0.29) is 18.1 Å². The van der Waals surface area contributed by atoms with Gasteiger partial charge in [0.2, 0.25) is 5.91 Å². The number of aryl methyl sites for hydroxylation is 2. The number of hydrogen-bond donors (Lipinski definition) is 0. The Labute approximate surface area is 177 Å². The molecule has 0 atom stereocenters. The minimum absolute atomic E-state index is 0.116. The molecule has 3 rings (SSSR count). The first-order valence-corrected chi connectivity index (χ1v) is 10.2. The van der Waals surface area contributed by atoms with Crippen molar-refractivity contribution in [3.05, 3.63) is 51.6 Å². The standard InChI is InChI=1S/C19H17Cl2N5OS/c1-12-6-13(2)8-15(7-12)25(5-3-4-22)17(27)11-28-19-24-23-18-16(21)9-14(20)10-26(18)19/h6-10H,3,5,11H2,1-2H3. The van der Waals surface area contributed by atoms with Gasteiger partial charge in [-0.1, -0.05) is 41.0 Å². The zero-order valence-electron chi connectivity index (χ0n) is 15.3. The number of fused-ring (bicyclic) bond motifs is 1. The number of halogens is 2. The fourth-order valence-electron chi connectivity index (χ4n) is 2.87. The molecule has 2 heterocycles. The average molecular weight is 434 g/mol. The van der Waals surface area contributed by atoms with Crippen LogP contribution in [0.1, 0.15) is 17.5 Å². The number of nitriles is 1. The van der Waals surface area contributed by atoms with Crippen LogP contribution in [0.5, 0.6) is 0 Å². The highest BCUT2D eigenvalue weighted by atomic mass is 35.5. The lowest BCUT2D eigenvalue weighted by Crippen LogP contribution is -2.33. The molecule has 144 valence electrons. The molecule has 28 heavy (non-hydrogen) atoms. The zero-order chi connectivity index (χ0) is 20.3. The number of thioether (sulfide) groups is 1. The number of hydrogen-bond acceptors (Lipinski definition) is 5. The van der Waals surface area contributed by atoms with Crippen molar-refractivity contribution >= 4 is 52.2 Å². The summed E-state index contributed by atoms with van der Waals surface area (Å²) in [6.07, 6.45) is 1.91. The molecule has 6 nitrogen and oxygen atoms in total. The molecule has 1 amide bonds. The van der Waals surface area contributed by atoms with Crippen molar-refractivity contribution in [2.75, 3.05) is 17.2 Å². The first-order chi connectivity index (χ1) is 13.4. The SMILES string of the molecule is Cc1cc(C)cc(N(CCC#N)C(=O)CSc2nnc3c(Cl)cc(Cl)cn23)c1. The summed E-state index contributed by atoms with van der Waals surface area (Å²) in [6, 6.07) is 9.63. The number of anilines is 1. The molecular weight excluding hydrogens is 417 g/mol. The van der Waals surface area contributed by atoms with Crippen LogP contribution in [0.2, 0.25) is 10.0 Å². The Hall–Kier alpha value is -2.27. The lowest BCUT2D eigenvalue weighted by atomic mass is 10.1. The molecule has 3 aromatic rings. The molecule has 0 radical (unpaired) electrons. The predicted molar refractivity (Wildman–Crippen MR) is 112 cm³/mol. The summed E-state index contributed by atoms with van der Waals surface area (Å²) in [6.45, 7) is 4.29. The Morgan fingerprint density at radius 1 is 1.21 bits per heavy atom. The van der Waals surface area contributed by atoms with E-state index in [0.29, 0.717) is 27.4 Å². The van der Waals surface area contributed by atoms with Crippen molar-refractivity contribution in [1.29, 1.82) is 5.26 Å². The van der Waals surface area contributed by atoms with E-state index in [9.17, 15) is 4.79 Å². The van der Waals surface area contributed by atoms with Gasteiger partial charge in [-0.2, -0.15) is 5.26 Å². The third-order valence-electron chi connectivity index (χ3n) is 3.99. The van der Waals surface area contributed by atoms with Gasteiger partial charge in [0.25, 0.3) is 0 Å². The number of benzene rings is 1. The Balaban J connectivity index is 1.82. The van der Waals surface area contributed by atoms with Crippen molar-refractivity contribution in [1.82, 2.24) is 14.6 Å². The van der Waals surface area contributed by atoms with Crippen molar-refractivity contribution in [3.8, 4) is 6.07 Å². The molecule has 1 aromatic carbocycles. The van der Waals surface area contributed by atoms with Crippen LogP contribution in [0.25, 0.3) is 5.65 Å². The highest BCUT2D eigenvalue weighted by Crippen LogP contribution is 2.26. The number of pyridine rings is 1. The molecule has 0 aliphatic heterocycles. The van der Waals surface area contributed by atoms with E-state index in [4.69, 9.17) is 28.5 Å². The third-order valence-corrected chi connectivity index (χ3v) is 5.40. The van der Waals surface area contributed by atoms with Crippen LogP contribution in [0, 0.1) is 25.2 Å². The third kappa shape index (κ3) is 4.58. The molecule has 0 N–H and O–H groups in total. The minimum atomic E-state index is -0.116. The number of amides is 1. The largest absolute Gasteiger partial charge is 0.311 e. The minimum Gasteiger partial charge on any atom is -0.311 e. The predicted octanol–water partition coefficient (Wildman–Crippen LogP) is 4.69. The summed E-state index contributed by atoms with van der Waals surface area (Å²) < 4.78 is 1.67. The maximum atomic E-state index is 12.9. The van der Waals surface area contributed by atoms with Crippen molar-refractivity contribution in [2.45, 2.75) is 25.4 Å². The smallest absolute Gasteiger partial charge is 0.237 e. The van der Waals surface area contributed by atoms with Crippen LogP contribution >= 0.6 is 35.0 Å². The van der Waals surface area contributed by atoms with Crippen LogP contribution < -0.4 is 4.90 Å². The number of rotatable bonds is 6. The fourth-order valence-corrected chi connectivity index (χ4v) is 4.17. The molecule has 0 unspecified atom stereocenters. The number of carbonyl (C=O) groups is 1. The monoisotopic (exact) mass is 433 g/mol. The van der Waals surface area contributed by atoms with Gasteiger partial charge in [-0.15, -0.1) is 10.2 Å². The maximum absolute atomic E-state index is 12.9. The molecule has 0 bridgehead atoms. The van der Waals surface area contributed by atoms with E-state index in [0.717, 1.165) is 16.8 Å². The molecule has 0 spiro atoms. The summed E-state index contributed by atoms with van der Waals surface area (Å²) >= 11 is 13.4. The highest BCUT2D eigenvalue weighted by molar-refractivity contribution is 7.99. The van der Waals surface area contributed by atoms with Gasteiger partial charge in [0.05, 0.1) is 28.3 Å². The first-order valence-electron chi connectivity index (χ1n) is 8.47. The molecule has 0 saturated heterocycles. The second-order valence-electron chi connectivity index (χ2n) is 6.27. The van der Waals surface area contributed by atoms with Gasteiger partial charge < -0.3 is 4.90 Å². The zero-order valence-corrected chi connectivity index (χ0v) is 17.6. The Kier molecular flexibility index (Phi) is 6.45. The Morgan fingerprint density at radius 2 is 1.93 bits per heavy atom. The van der Waals surface area contributed by atoms with Crippen molar-refractivity contribution in [2.24, 2.45) is 0 Å². The fraction of sp³-hybridized carbons (Fsp3) is 0.263. The van der Waals surface area contributed by atoms with Crippen molar-refractivity contribution in [3.63, 3.8) is 0 Å². The molecular formula is C19H17Cl2N5OS. The van der Waals surface area contributed by atoms with Crippen LogP contribution in [0.4, 0.5) is 5.69 Å². The van der Waals surface area contributed by atoms with Gasteiger partial charge >= 0.3 is 0 Å². The molecule has 2 aromatic heterocycles. The summed E-state index contributed by atoms with van der Waals surface area (Å²) in [5.41, 5.74) is 3.39. The van der Waals surface area contributed by atoms with Gasteiger partial charge in [-0.3, -0.25) is 9.20 Å². The van der Waals surface area contributed by atoms with Crippen LogP contribution in [-0.2, 0) is 4.79 Å². The summed E-state index contributed by atoms with van der Waals surface area (Å²) in [4.78, 5) is 14.6. The summed E-state index contributed by atoms with van der Waals surface area (Å²) in [5, 5.41) is 18.5. The van der Waals surface area contributed by atoms with E-state index < -0.39 is 0 Å². The van der Waals surface area contributed by atoms with E-state index in [1.165, 1.54) is 11.8 Å². The quantitative estimate of drug-likeness (QED) is 0.526. The lowest BCUT2D eigenvalue weighted by Gasteiger charge is -2.22. The van der Waals surface area contributed by atoms with E-state index in [1.54, 1.807) is 21.6 Å². The molecule has 9 heteroatoms. The topological polar surface area (TPSA) is 74.3 Å². The molecule has 0 fully saturated rings. The van der Waals surface area contributed by atoms with Gasteiger partial charge in [-0.05, 0) is 43.2 Å². The van der Waals surface area contributed by atoms with Crippen molar-refractivity contribution < 1.29 is 4.79 Å². The Morgan fingerprint density at radius 3 is 2.61 bits per heavy atom.